The first-order valence-corrected chi connectivity index (χ1v) is 8.01. The zero-order chi connectivity index (χ0) is 15.4. The lowest BCUT2D eigenvalue weighted by molar-refractivity contribution is 0.155. The van der Waals surface area contributed by atoms with Crippen LogP contribution in [0.4, 0.5) is 10.1 Å². The average molecular weight is 306 g/mol. The Hall–Kier alpha value is -1.16. The second kappa shape index (κ2) is 4.67. The molecule has 2 bridgehead atoms. The molecule has 2 saturated carbocycles. The molecule has 3 N–H and O–H groups in total. The van der Waals surface area contributed by atoms with E-state index in [4.69, 9.17) is 18.0 Å². The van der Waals surface area contributed by atoms with Crippen LogP contribution in [-0.2, 0) is 0 Å². The number of thiocarbonyl (C=S) groups is 1. The summed E-state index contributed by atoms with van der Waals surface area (Å²) in [6.45, 7) is 6.95. The van der Waals surface area contributed by atoms with E-state index in [0.717, 1.165) is 5.92 Å². The number of anilines is 1. The first kappa shape index (κ1) is 14.8. The summed E-state index contributed by atoms with van der Waals surface area (Å²) in [5, 5.41) is 3.48. The molecule has 2 aliphatic carbocycles. The molecule has 114 valence electrons. The second-order valence-electron chi connectivity index (χ2n) is 7.55. The molecule has 4 heteroatoms. The number of fused-ring (bicyclic) bond motifs is 2. The molecule has 2 aliphatic rings. The van der Waals surface area contributed by atoms with Crippen LogP contribution in [0, 0.1) is 22.6 Å². The quantitative estimate of drug-likeness (QED) is 0.826. The summed E-state index contributed by atoms with van der Waals surface area (Å²) < 4.78 is 14.3. The molecule has 3 rings (SSSR count). The summed E-state index contributed by atoms with van der Waals surface area (Å²) in [4.78, 5) is 0.229. The highest BCUT2D eigenvalue weighted by atomic mass is 32.1. The first-order valence-electron chi connectivity index (χ1n) is 7.60. The van der Waals surface area contributed by atoms with E-state index < -0.39 is 0 Å². The molecule has 0 radical (unpaired) electrons. The van der Waals surface area contributed by atoms with Crippen molar-refractivity contribution in [1.82, 2.24) is 0 Å². The summed E-state index contributed by atoms with van der Waals surface area (Å²) in [6.07, 6.45) is 3.76. The maximum Gasteiger partial charge on any atom is 0.146 e. The Morgan fingerprint density at radius 2 is 2.10 bits per heavy atom. The molecule has 0 saturated heterocycles. The number of benzene rings is 1. The van der Waals surface area contributed by atoms with Gasteiger partial charge in [-0.05, 0) is 54.2 Å². The van der Waals surface area contributed by atoms with Crippen molar-refractivity contribution in [2.24, 2.45) is 22.5 Å². The predicted octanol–water partition coefficient (Wildman–Crippen LogP) is 4.09. The number of nitrogens with one attached hydrogen (secondary N) is 1. The molecule has 0 spiro atoms. The predicted molar refractivity (Wildman–Crippen MR) is 88.9 cm³/mol. The van der Waals surface area contributed by atoms with Gasteiger partial charge in [0.1, 0.15) is 10.8 Å². The van der Waals surface area contributed by atoms with E-state index in [1.54, 1.807) is 12.1 Å². The van der Waals surface area contributed by atoms with E-state index in [-0.39, 0.29) is 21.6 Å². The Kier molecular flexibility index (Phi) is 3.28. The number of nitrogens with two attached hydrogens (primary N) is 1. The summed E-state index contributed by atoms with van der Waals surface area (Å²) >= 11 is 4.90. The highest BCUT2D eigenvalue weighted by Gasteiger charge is 2.59. The standard InChI is InChI=1S/C17H23FN2S/c1-16(2)11-6-7-17(3,9-11)15(16)20-13-5-4-10(14(19)21)8-12(13)18/h4-5,8,11,15,20H,6-7,9H2,1-3H3,(H2,19,21). The van der Waals surface area contributed by atoms with Crippen LogP contribution in [0.15, 0.2) is 18.2 Å². The van der Waals surface area contributed by atoms with E-state index in [1.807, 2.05) is 0 Å². The topological polar surface area (TPSA) is 38.0 Å². The maximum atomic E-state index is 14.3. The summed E-state index contributed by atoms with van der Waals surface area (Å²) in [5.41, 5.74) is 7.15. The van der Waals surface area contributed by atoms with Crippen molar-refractivity contribution < 1.29 is 4.39 Å². The Morgan fingerprint density at radius 1 is 1.38 bits per heavy atom. The molecule has 0 heterocycles. The van der Waals surface area contributed by atoms with Crippen LogP contribution in [0.25, 0.3) is 0 Å². The Bertz CT molecular complexity index is 594. The average Bonchev–Trinajstić information content (AvgIpc) is 2.87. The van der Waals surface area contributed by atoms with Crippen molar-refractivity contribution in [2.45, 2.75) is 46.1 Å². The van der Waals surface area contributed by atoms with Crippen molar-refractivity contribution in [2.75, 3.05) is 5.32 Å². The zero-order valence-corrected chi connectivity index (χ0v) is 13.7. The number of hydrogen-bond donors (Lipinski definition) is 2. The van der Waals surface area contributed by atoms with Gasteiger partial charge in [-0.1, -0.05) is 33.0 Å². The Labute approximate surface area is 131 Å². The molecule has 2 fully saturated rings. The molecule has 3 atom stereocenters. The highest BCUT2D eigenvalue weighted by Crippen LogP contribution is 2.63. The number of halogens is 1. The van der Waals surface area contributed by atoms with Gasteiger partial charge in [0.25, 0.3) is 0 Å². The molecule has 2 nitrogen and oxygen atoms in total. The Balaban J connectivity index is 1.88. The van der Waals surface area contributed by atoms with E-state index in [0.29, 0.717) is 17.3 Å². The SMILES string of the molecule is CC12CCC(C1)C(C)(C)C2Nc1ccc(C(N)=S)cc1F. The van der Waals surface area contributed by atoms with Crippen LogP contribution in [0.1, 0.15) is 45.6 Å². The molecule has 0 aromatic heterocycles. The van der Waals surface area contributed by atoms with Crippen LogP contribution >= 0.6 is 12.2 Å². The van der Waals surface area contributed by atoms with Gasteiger partial charge in [0.2, 0.25) is 0 Å². The third-order valence-corrected chi connectivity index (χ3v) is 6.06. The monoisotopic (exact) mass is 306 g/mol. The fourth-order valence-corrected chi connectivity index (χ4v) is 4.73. The van der Waals surface area contributed by atoms with Crippen molar-refractivity contribution in [3.05, 3.63) is 29.6 Å². The molecular weight excluding hydrogens is 283 g/mol. The van der Waals surface area contributed by atoms with Crippen LogP contribution in [0.5, 0.6) is 0 Å². The van der Waals surface area contributed by atoms with Crippen LogP contribution < -0.4 is 11.1 Å². The van der Waals surface area contributed by atoms with Gasteiger partial charge < -0.3 is 11.1 Å². The van der Waals surface area contributed by atoms with Crippen molar-refractivity contribution in [3.63, 3.8) is 0 Å². The van der Waals surface area contributed by atoms with E-state index in [2.05, 4.69) is 26.1 Å². The van der Waals surface area contributed by atoms with Gasteiger partial charge in [-0.3, -0.25) is 0 Å². The summed E-state index contributed by atoms with van der Waals surface area (Å²) in [6, 6.07) is 5.27. The van der Waals surface area contributed by atoms with Gasteiger partial charge >= 0.3 is 0 Å². The lowest BCUT2D eigenvalue weighted by Crippen LogP contribution is -2.45. The molecule has 0 amide bonds. The third kappa shape index (κ3) is 2.24. The minimum atomic E-state index is -0.275. The van der Waals surface area contributed by atoms with Crippen LogP contribution in [-0.4, -0.2) is 11.0 Å². The third-order valence-electron chi connectivity index (χ3n) is 5.82. The van der Waals surface area contributed by atoms with E-state index in [9.17, 15) is 4.39 Å². The summed E-state index contributed by atoms with van der Waals surface area (Å²) in [7, 11) is 0. The van der Waals surface area contributed by atoms with Crippen molar-refractivity contribution in [3.8, 4) is 0 Å². The zero-order valence-electron chi connectivity index (χ0n) is 12.9. The molecular formula is C17H23FN2S. The fourth-order valence-electron chi connectivity index (χ4n) is 4.60. The molecule has 1 aromatic carbocycles. The Morgan fingerprint density at radius 3 is 2.62 bits per heavy atom. The number of hydrogen-bond acceptors (Lipinski definition) is 2. The largest absolute Gasteiger partial charge is 0.389 e. The van der Waals surface area contributed by atoms with Gasteiger partial charge in [-0.2, -0.15) is 0 Å². The van der Waals surface area contributed by atoms with Gasteiger partial charge in [0, 0.05) is 11.6 Å². The lowest BCUT2D eigenvalue weighted by Gasteiger charge is -2.43. The molecule has 21 heavy (non-hydrogen) atoms. The first-order chi connectivity index (χ1) is 9.74. The van der Waals surface area contributed by atoms with Crippen LogP contribution in [0.3, 0.4) is 0 Å². The van der Waals surface area contributed by atoms with Crippen molar-refractivity contribution in [1.29, 1.82) is 0 Å². The lowest BCUT2D eigenvalue weighted by atomic mass is 9.68. The van der Waals surface area contributed by atoms with Gasteiger partial charge in [0.05, 0.1) is 5.69 Å². The molecule has 3 unspecified atom stereocenters. The maximum absolute atomic E-state index is 14.3. The number of rotatable bonds is 3. The summed E-state index contributed by atoms with van der Waals surface area (Å²) in [5.74, 6) is 0.460. The minimum Gasteiger partial charge on any atom is -0.389 e. The molecule has 0 aliphatic heterocycles. The molecule has 1 aromatic rings. The van der Waals surface area contributed by atoms with Gasteiger partial charge in [0.15, 0.2) is 0 Å². The normalized spacial score (nSPS) is 33.1. The van der Waals surface area contributed by atoms with E-state index >= 15 is 0 Å². The van der Waals surface area contributed by atoms with Crippen molar-refractivity contribution >= 4 is 22.9 Å². The van der Waals surface area contributed by atoms with Gasteiger partial charge in [-0.25, -0.2) is 4.39 Å². The second-order valence-corrected chi connectivity index (χ2v) is 7.99. The van der Waals surface area contributed by atoms with Gasteiger partial charge in [-0.15, -0.1) is 0 Å². The van der Waals surface area contributed by atoms with Crippen LogP contribution in [0.2, 0.25) is 0 Å². The smallest absolute Gasteiger partial charge is 0.146 e. The highest BCUT2D eigenvalue weighted by molar-refractivity contribution is 7.80. The van der Waals surface area contributed by atoms with E-state index in [1.165, 1.54) is 25.3 Å². The minimum absolute atomic E-state index is 0.196. The fraction of sp³-hybridized carbons (Fsp3) is 0.588.